The van der Waals surface area contributed by atoms with Gasteiger partial charge in [0, 0.05) is 13.1 Å². The summed E-state index contributed by atoms with van der Waals surface area (Å²) in [6, 6.07) is 0. The van der Waals surface area contributed by atoms with Crippen LogP contribution >= 0.6 is 0 Å². The van der Waals surface area contributed by atoms with E-state index in [1.54, 1.807) is 13.8 Å². The SMILES string of the molecule is CCCCCCN(CCCCCC)C(=O)C(F)(F)C(F)(F)C(F)(F)C(F)(F)C(F)(F)C(F)(F)C(F)(F)C(F)(F)F. The van der Waals surface area contributed by atoms with Crippen molar-refractivity contribution in [2.45, 2.75) is 113 Å². The minimum atomic E-state index is -8.72. The van der Waals surface area contributed by atoms with Gasteiger partial charge < -0.3 is 4.90 Å². The molecule has 0 aromatic rings. The minimum Gasteiger partial charge on any atom is -0.337 e. The maximum absolute atomic E-state index is 14.4. The maximum Gasteiger partial charge on any atom is 0.460 e. The van der Waals surface area contributed by atoms with Crippen molar-refractivity contribution in [2.75, 3.05) is 13.1 Å². The molecular formula is C21H26F17NO. The molecule has 0 aliphatic carbocycles. The first-order chi connectivity index (χ1) is 17.7. The number of unbranched alkanes of at least 4 members (excludes halogenated alkanes) is 6. The minimum absolute atomic E-state index is 0.167. The molecule has 0 bridgehead atoms. The summed E-state index contributed by atoms with van der Waals surface area (Å²) in [5, 5.41) is 0. The number of hydrogen-bond acceptors (Lipinski definition) is 1. The Morgan fingerprint density at radius 3 is 1.05 bits per heavy atom. The first-order valence-corrected chi connectivity index (χ1v) is 11.7. The topological polar surface area (TPSA) is 20.3 Å². The van der Waals surface area contributed by atoms with E-state index >= 15 is 0 Å². The zero-order valence-corrected chi connectivity index (χ0v) is 20.9. The second-order valence-electron chi connectivity index (χ2n) is 8.93. The molecule has 1 amide bonds. The molecule has 0 rings (SSSR count). The number of nitrogens with zero attached hydrogens (tertiary/aromatic N) is 1. The van der Waals surface area contributed by atoms with Crippen LogP contribution in [0.25, 0.3) is 0 Å². The van der Waals surface area contributed by atoms with Gasteiger partial charge in [0.25, 0.3) is 5.91 Å². The molecule has 0 aromatic carbocycles. The number of halogens is 17. The smallest absolute Gasteiger partial charge is 0.337 e. The number of carbonyl (C=O) groups excluding carboxylic acids is 1. The van der Waals surface area contributed by atoms with Gasteiger partial charge in [-0.1, -0.05) is 52.4 Å². The van der Waals surface area contributed by atoms with Crippen molar-refractivity contribution >= 4 is 5.91 Å². The lowest BCUT2D eigenvalue weighted by molar-refractivity contribution is -0.459. The van der Waals surface area contributed by atoms with Crippen molar-refractivity contribution in [1.82, 2.24) is 4.90 Å². The van der Waals surface area contributed by atoms with Crippen LogP contribution in [0.5, 0.6) is 0 Å². The van der Waals surface area contributed by atoms with Crippen LogP contribution in [-0.2, 0) is 4.79 Å². The second kappa shape index (κ2) is 12.7. The van der Waals surface area contributed by atoms with Crippen molar-refractivity contribution in [1.29, 1.82) is 0 Å². The van der Waals surface area contributed by atoms with Gasteiger partial charge in [-0.15, -0.1) is 0 Å². The fraction of sp³-hybridized carbons (Fsp3) is 0.952. The van der Waals surface area contributed by atoms with Crippen LogP contribution in [0.1, 0.15) is 65.2 Å². The van der Waals surface area contributed by atoms with E-state index in [-0.39, 0.29) is 30.6 Å². The van der Waals surface area contributed by atoms with Gasteiger partial charge in [-0.3, -0.25) is 4.79 Å². The Bertz CT molecular complexity index is 810. The van der Waals surface area contributed by atoms with Gasteiger partial charge in [-0.25, -0.2) is 0 Å². The summed E-state index contributed by atoms with van der Waals surface area (Å²) >= 11 is 0. The van der Waals surface area contributed by atoms with Gasteiger partial charge in [0.1, 0.15) is 0 Å². The summed E-state index contributed by atoms with van der Waals surface area (Å²) in [5.74, 6) is -61.0. The lowest BCUT2D eigenvalue weighted by Gasteiger charge is -2.43. The lowest BCUT2D eigenvalue weighted by atomic mass is 9.88. The normalized spacial score (nSPS) is 15.0. The number of hydrogen-bond donors (Lipinski definition) is 0. The van der Waals surface area contributed by atoms with E-state index in [2.05, 4.69) is 0 Å². The molecule has 19 heteroatoms. The summed E-state index contributed by atoms with van der Waals surface area (Å²) in [4.78, 5) is 12.0. The first kappa shape index (κ1) is 38.3. The third-order valence-corrected chi connectivity index (χ3v) is 5.84. The molecule has 0 atom stereocenters. The summed E-state index contributed by atoms with van der Waals surface area (Å²) in [6.45, 7) is 1.64. The number of rotatable bonds is 17. The van der Waals surface area contributed by atoms with Crippen LogP contribution in [0, 0.1) is 0 Å². The number of alkyl halides is 17. The molecule has 2 nitrogen and oxygen atoms in total. The van der Waals surface area contributed by atoms with E-state index in [9.17, 15) is 79.4 Å². The zero-order valence-electron chi connectivity index (χ0n) is 20.9. The Hall–Kier alpha value is -1.72. The monoisotopic (exact) mass is 631 g/mol. The van der Waals surface area contributed by atoms with Gasteiger partial charge in [-0.05, 0) is 12.8 Å². The van der Waals surface area contributed by atoms with E-state index in [1.807, 2.05) is 0 Å². The molecule has 0 radical (unpaired) electrons. The molecule has 40 heavy (non-hydrogen) atoms. The molecule has 240 valence electrons. The van der Waals surface area contributed by atoms with E-state index < -0.39 is 66.6 Å². The summed E-state index contributed by atoms with van der Waals surface area (Å²) < 4.78 is 229. The molecule has 0 aromatic heterocycles. The Morgan fingerprint density at radius 2 is 0.750 bits per heavy atom. The van der Waals surface area contributed by atoms with E-state index in [0.29, 0.717) is 25.7 Å². The zero-order chi connectivity index (χ0) is 32.2. The van der Waals surface area contributed by atoms with Gasteiger partial charge in [-0.2, -0.15) is 74.6 Å². The summed E-state index contributed by atoms with van der Waals surface area (Å²) in [6.07, 6.45) is -6.06. The van der Waals surface area contributed by atoms with Crippen molar-refractivity contribution in [2.24, 2.45) is 0 Å². The molecule has 0 saturated heterocycles. The standard InChI is InChI=1S/C21H26F17NO/c1-3-5-7-9-11-39(12-10-8-6-4-2)13(40)14(22,23)15(24,25)16(26,27)17(28,29)18(30,31)19(32,33)20(34,35)21(36,37)38/h3-12H2,1-2H3. The van der Waals surface area contributed by atoms with Crippen LogP contribution in [0.2, 0.25) is 0 Å². The average Bonchev–Trinajstić information content (AvgIpc) is 2.81. The van der Waals surface area contributed by atoms with Crippen LogP contribution in [0.15, 0.2) is 0 Å². The second-order valence-corrected chi connectivity index (χ2v) is 8.93. The number of carbonyl (C=O) groups is 1. The molecule has 0 aliphatic rings. The highest BCUT2D eigenvalue weighted by atomic mass is 19.4. The highest BCUT2D eigenvalue weighted by Gasteiger charge is 2.95. The van der Waals surface area contributed by atoms with Crippen LogP contribution < -0.4 is 0 Å². The predicted molar refractivity (Wildman–Crippen MR) is 106 cm³/mol. The lowest BCUT2D eigenvalue weighted by Crippen LogP contribution is -2.75. The van der Waals surface area contributed by atoms with Crippen molar-refractivity contribution in [3.05, 3.63) is 0 Å². The first-order valence-electron chi connectivity index (χ1n) is 11.7. The van der Waals surface area contributed by atoms with Gasteiger partial charge in [0.15, 0.2) is 0 Å². The molecular weight excluding hydrogens is 605 g/mol. The van der Waals surface area contributed by atoms with Crippen molar-refractivity contribution in [3.8, 4) is 0 Å². The molecule has 0 aliphatic heterocycles. The average molecular weight is 631 g/mol. The fourth-order valence-electron chi connectivity index (χ4n) is 3.27. The summed E-state index contributed by atoms with van der Waals surface area (Å²) in [7, 11) is 0. The third kappa shape index (κ3) is 6.51. The van der Waals surface area contributed by atoms with Gasteiger partial charge in [0.2, 0.25) is 0 Å². The van der Waals surface area contributed by atoms with E-state index in [1.165, 1.54) is 0 Å². The van der Waals surface area contributed by atoms with Crippen molar-refractivity contribution in [3.63, 3.8) is 0 Å². The molecule has 0 saturated carbocycles. The molecule has 0 fully saturated rings. The van der Waals surface area contributed by atoms with Gasteiger partial charge in [0.05, 0.1) is 0 Å². The van der Waals surface area contributed by atoms with Crippen LogP contribution in [0.3, 0.4) is 0 Å². The third-order valence-electron chi connectivity index (χ3n) is 5.84. The molecule has 0 unspecified atom stereocenters. The van der Waals surface area contributed by atoms with Crippen LogP contribution in [0.4, 0.5) is 74.6 Å². The van der Waals surface area contributed by atoms with E-state index in [4.69, 9.17) is 0 Å². The quantitative estimate of drug-likeness (QED) is 0.116. The van der Waals surface area contributed by atoms with Crippen molar-refractivity contribution < 1.29 is 79.4 Å². The predicted octanol–water partition coefficient (Wildman–Crippen LogP) is 8.99. The largest absolute Gasteiger partial charge is 0.460 e. The Labute approximate surface area is 217 Å². The summed E-state index contributed by atoms with van der Waals surface area (Å²) in [5.41, 5.74) is 0. The molecule has 0 heterocycles. The van der Waals surface area contributed by atoms with E-state index in [0.717, 1.165) is 0 Å². The Kier molecular flexibility index (Phi) is 12.1. The Morgan fingerprint density at radius 1 is 0.450 bits per heavy atom. The highest BCUT2D eigenvalue weighted by molar-refractivity contribution is 5.85. The highest BCUT2D eigenvalue weighted by Crippen LogP contribution is 2.64. The fourth-order valence-corrected chi connectivity index (χ4v) is 3.27. The molecule has 0 N–H and O–H groups in total. The number of amides is 1. The van der Waals surface area contributed by atoms with Gasteiger partial charge >= 0.3 is 47.6 Å². The Balaban J connectivity index is 6.59. The maximum atomic E-state index is 14.4. The van der Waals surface area contributed by atoms with Crippen LogP contribution in [-0.4, -0.2) is 71.5 Å². The molecule has 0 spiro atoms.